The van der Waals surface area contributed by atoms with Gasteiger partial charge in [-0.15, -0.1) is 0 Å². The van der Waals surface area contributed by atoms with Gasteiger partial charge >= 0.3 is 6.61 Å². The molecular formula is C16H15F2N3O5. The van der Waals surface area contributed by atoms with Crippen molar-refractivity contribution in [2.24, 2.45) is 0 Å². The number of hydrogen-bond acceptors (Lipinski definition) is 6. The van der Waals surface area contributed by atoms with E-state index in [1.54, 1.807) is 0 Å². The molecule has 2 aromatic rings. The van der Waals surface area contributed by atoms with Crippen LogP contribution in [0.4, 0.5) is 25.8 Å². The van der Waals surface area contributed by atoms with Crippen molar-refractivity contribution in [2.45, 2.75) is 6.61 Å². The van der Waals surface area contributed by atoms with Crippen molar-refractivity contribution in [3.8, 4) is 11.5 Å². The number of nitrogens with zero attached hydrogens (tertiary/aromatic N) is 1. The number of methoxy groups -OCH3 is 1. The SMILES string of the molecule is COc1cc([N+](=O)[O-])ccc1NC(=O)CNc1ccc(OC(F)F)cc1. The topological polar surface area (TPSA) is 103 Å². The van der Waals surface area contributed by atoms with Gasteiger partial charge in [-0.3, -0.25) is 14.9 Å². The van der Waals surface area contributed by atoms with E-state index in [9.17, 15) is 23.7 Å². The zero-order valence-electron chi connectivity index (χ0n) is 13.6. The van der Waals surface area contributed by atoms with Crippen LogP contribution in [0.3, 0.4) is 0 Å². The Morgan fingerprint density at radius 3 is 2.50 bits per heavy atom. The highest BCUT2D eigenvalue weighted by Gasteiger charge is 2.13. The van der Waals surface area contributed by atoms with Crippen LogP contribution >= 0.6 is 0 Å². The number of carbonyl (C=O) groups excluding carboxylic acids is 1. The largest absolute Gasteiger partial charge is 0.494 e. The number of nitro benzene ring substituents is 1. The first-order chi connectivity index (χ1) is 12.4. The summed E-state index contributed by atoms with van der Waals surface area (Å²) in [5, 5.41) is 16.1. The highest BCUT2D eigenvalue weighted by Crippen LogP contribution is 2.28. The molecule has 8 nitrogen and oxygen atoms in total. The number of benzene rings is 2. The molecule has 0 fully saturated rings. The lowest BCUT2D eigenvalue weighted by atomic mass is 10.2. The second-order valence-electron chi connectivity index (χ2n) is 4.95. The lowest BCUT2D eigenvalue weighted by Gasteiger charge is -2.11. The number of ether oxygens (including phenoxy) is 2. The fourth-order valence-corrected chi connectivity index (χ4v) is 2.03. The highest BCUT2D eigenvalue weighted by atomic mass is 19.3. The van der Waals surface area contributed by atoms with E-state index in [0.29, 0.717) is 5.69 Å². The number of anilines is 2. The van der Waals surface area contributed by atoms with Gasteiger partial charge in [-0.05, 0) is 30.3 Å². The fraction of sp³-hybridized carbons (Fsp3) is 0.188. The van der Waals surface area contributed by atoms with Crippen LogP contribution in [0.25, 0.3) is 0 Å². The second kappa shape index (κ2) is 8.60. The molecule has 0 aliphatic rings. The van der Waals surface area contributed by atoms with E-state index in [4.69, 9.17) is 4.74 Å². The summed E-state index contributed by atoms with van der Waals surface area (Å²) in [4.78, 5) is 22.2. The van der Waals surface area contributed by atoms with Crippen LogP contribution in [0, 0.1) is 10.1 Å². The van der Waals surface area contributed by atoms with Gasteiger partial charge in [0, 0.05) is 11.8 Å². The first-order valence-corrected chi connectivity index (χ1v) is 7.30. The van der Waals surface area contributed by atoms with Crippen molar-refractivity contribution >= 4 is 23.0 Å². The minimum absolute atomic E-state index is 0.00520. The second-order valence-corrected chi connectivity index (χ2v) is 4.95. The molecule has 0 saturated carbocycles. The maximum absolute atomic E-state index is 12.1. The summed E-state index contributed by atoms with van der Waals surface area (Å²) in [5.74, 6) is -0.267. The monoisotopic (exact) mass is 367 g/mol. The zero-order chi connectivity index (χ0) is 19.1. The van der Waals surface area contributed by atoms with Gasteiger partial charge < -0.3 is 20.1 Å². The lowest BCUT2D eigenvalue weighted by molar-refractivity contribution is -0.384. The van der Waals surface area contributed by atoms with Crippen LogP contribution < -0.4 is 20.1 Å². The van der Waals surface area contributed by atoms with Crippen LogP contribution in [-0.2, 0) is 4.79 Å². The summed E-state index contributed by atoms with van der Waals surface area (Å²) in [6, 6.07) is 9.45. The molecule has 0 radical (unpaired) electrons. The van der Waals surface area contributed by atoms with E-state index < -0.39 is 17.4 Å². The van der Waals surface area contributed by atoms with E-state index in [1.807, 2.05) is 0 Å². The lowest BCUT2D eigenvalue weighted by Crippen LogP contribution is -2.22. The van der Waals surface area contributed by atoms with Gasteiger partial charge in [-0.25, -0.2) is 0 Å². The zero-order valence-corrected chi connectivity index (χ0v) is 13.6. The van der Waals surface area contributed by atoms with Crippen LogP contribution in [-0.4, -0.2) is 31.1 Å². The quantitative estimate of drug-likeness (QED) is 0.548. The summed E-state index contributed by atoms with van der Waals surface area (Å²) in [6.45, 7) is -3.02. The smallest absolute Gasteiger partial charge is 0.387 e. The fourth-order valence-electron chi connectivity index (χ4n) is 2.03. The van der Waals surface area contributed by atoms with Gasteiger partial charge in [0.05, 0.1) is 30.3 Å². The standard InChI is InChI=1S/C16H15F2N3O5/c1-25-14-8-11(21(23)24)4-7-13(14)20-15(22)9-19-10-2-5-12(6-3-10)26-16(17)18/h2-8,16,19H,9H2,1H3,(H,20,22). The van der Waals surface area contributed by atoms with Crippen molar-refractivity contribution in [1.82, 2.24) is 0 Å². The van der Waals surface area contributed by atoms with Gasteiger partial charge in [0.25, 0.3) is 5.69 Å². The Labute approximate surface area is 146 Å². The summed E-state index contributed by atoms with van der Waals surface area (Å²) in [5.41, 5.74) is 0.645. The minimum atomic E-state index is -2.91. The summed E-state index contributed by atoms with van der Waals surface area (Å²) in [6.07, 6.45) is 0. The van der Waals surface area contributed by atoms with Gasteiger partial charge in [-0.2, -0.15) is 8.78 Å². The molecule has 0 aromatic heterocycles. The van der Waals surface area contributed by atoms with Crippen LogP contribution in [0.2, 0.25) is 0 Å². The normalized spacial score (nSPS) is 10.3. The average molecular weight is 367 g/mol. The van der Waals surface area contributed by atoms with Crippen molar-refractivity contribution in [3.63, 3.8) is 0 Å². The van der Waals surface area contributed by atoms with Crippen molar-refractivity contribution in [2.75, 3.05) is 24.3 Å². The molecule has 0 spiro atoms. The van der Waals surface area contributed by atoms with Crippen molar-refractivity contribution in [1.29, 1.82) is 0 Å². The predicted molar refractivity (Wildman–Crippen MR) is 89.8 cm³/mol. The van der Waals surface area contributed by atoms with Gasteiger partial charge in [0.15, 0.2) is 0 Å². The molecule has 2 aromatic carbocycles. The molecular weight excluding hydrogens is 352 g/mol. The Hall–Kier alpha value is -3.43. The third kappa shape index (κ3) is 5.30. The number of carbonyl (C=O) groups is 1. The van der Waals surface area contributed by atoms with Crippen molar-refractivity contribution < 1.29 is 28.0 Å². The summed E-state index contributed by atoms with van der Waals surface area (Å²) >= 11 is 0. The van der Waals surface area contributed by atoms with Gasteiger partial charge in [-0.1, -0.05) is 0 Å². The molecule has 0 saturated heterocycles. The Morgan fingerprint density at radius 1 is 1.23 bits per heavy atom. The number of halogens is 2. The molecule has 2 rings (SSSR count). The number of alkyl halides is 2. The van der Waals surface area contributed by atoms with Gasteiger partial charge in [0.2, 0.25) is 5.91 Å². The highest BCUT2D eigenvalue weighted by molar-refractivity contribution is 5.95. The van der Waals surface area contributed by atoms with E-state index in [-0.39, 0.29) is 29.4 Å². The molecule has 26 heavy (non-hydrogen) atoms. The molecule has 0 heterocycles. The van der Waals surface area contributed by atoms with Crippen LogP contribution in [0.5, 0.6) is 11.5 Å². The number of hydrogen-bond donors (Lipinski definition) is 2. The minimum Gasteiger partial charge on any atom is -0.494 e. The number of nitro groups is 1. The molecule has 0 atom stereocenters. The molecule has 0 aliphatic carbocycles. The Balaban J connectivity index is 1.93. The molecule has 10 heteroatoms. The summed E-state index contributed by atoms with van der Waals surface area (Å²) < 4.78 is 33.4. The van der Waals surface area contributed by atoms with Crippen molar-refractivity contribution in [3.05, 3.63) is 52.6 Å². The number of non-ortho nitro benzene ring substituents is 1. The van der Waals surface area contributed by atoms with Gasteiger partial charge in [0.1, 0.15) is 11.5 Å². The number of amides is 1. The maximum atomic E-state index is 12.1. The molecule has 138 valence electrons. The Kier molecular flexibility index (Phi) is 6.25. The van der Waals surface area contributed by atoms with E-state index >= 15 is 0 Å². The Bertz CT molecular complexity index is 784. The summed E-state index contributed by atoms with van der Waals surface area (Å²) in [7, 11) is 1.33. The third-order valence-corrected chi connectivity index (χ3v) is 3.20. The third-order valence-electron chi connectivity index (χ3n) is 3.20. The van der Waals surface area contributed by atoms with Crippen LogP contribution in [0.15, 0.2) is 42.5 Å². The van der Waals surface area contributed by atoms with Crippen LogP contribution in [0.1, 0.15) is 0 Å². The Morgan fingerprint density at radius 2 is 1.92 bits per heavy atom. The first kappa shape index (κ1) is 18.9. The van der Waals surface area contributed by atoms with E-state index in [0.717, 1.165) is 0 Å². The number of nitrogens with one attached hydrogen (secondary N) is 2. The van der Waals surface area contributed by atoms with E-state index in [1.165, 1.54) is 49.6 Å². The molecule has 1 amide bonds. The molecule has 0 aliphatic heterocycles. The predicted octanol–water partition coefficient (Wildman–Crippen LogP) is 3.26. The van der Waals surface area contributed by atoms with E-state index in [2.05, 4.69) is 15.4 Å². The molecule has 0 bridgehead atoms. The molecule has 0 unspecified atom stereocenters. The maximum Gasteiger partial charge on any atom is 0.387 e. The number of rotatable bonds is 8. The molecule has 2 N–H and O–H groups in total. The average Bonchev–Trinajstić information content (AvgIpc) is 2.60. The first-order valence-electron chi connectivity index (χ1n) is 7.30.